The molecule has 0 fully saturated rings. The van der Waals surface area contributed by atoms with E-state index in [-0.39, 0.29) is 0 Å². The number of fused-ring (bicyclic) bond motifs is 1. The molecule has 3 heterocycles. The zero-order valence-corrected chi connectivity index (χ0v) is 12.9. The van der Waals surface area contributed by atoms with Crippen molar-refractivity contribution in [1.29, 1.82) is 0 Å². The number of hydrogen-bond donors (Lipinski definition) is 2. The van der Waals surface area contributed by atoms with Crippen LogP contribution in [0.15, 0.2) is 17.6 Å². The average Bonchev–Trinajstić information content (AvgIpc) is 3.05. The van der Waals surface area contributed by atoms with Crippen LogP contribution in [0.3, 0.4) is 0 Å². The van der Waals surface area contributed by atoms with Crippen molar-refractivity contribution in [2.45, 2.75) is 20.4 Å². The van der Waals surface area contributed by atoms with Crippen LogP contribution >= 0.6 is 22.7 Å². The molecule has 104 valence electrons. The van der Waals surface area contributed by atoms with E-state index in [1.165, 1.54) is 4.88 Å². The Labute approximate surface area is 125 Å². The third kappa shape index (κ3) is 2.73. The highest BCUT2D eigenvalue weighted by atomic mass is 32.1. The number of nitrogens with one attached hydrogen (secondary N) is 2. The van der Waals surface area contributed by atoms with Gasteiger partial charge in [0.05, 0.1) is 16.9 Å². The van der Waals surface area contributed by atoms with Crippen LogP contribution in [-0.2, 0) is 6.54 Å². The largest absolute Gasteiger partial charge is 0.364 e. The number of thiophene rings is 1. The molecule has 0 aliphatic heterocycles. The van der Waals surface area contributed by atoms with Gasteiger partial charge in [-0.15, -0.1) is 22.7 Å². The van der Waals surface area contributed by atoms with Gasteiger partial charge in [-0.05, 0) is 25.3 Å². The van der Waals surface area contributed by atoms with E-state index < -0.39 is 0 Å². The number of thiazole rings is 1. The van der Waals surface area contributed by atoms with Gasteiger partial charge >= 0.3 is 0 Å². The Bertz CT molecular complexity index is 718. The molecule has 3 aromatic rings. The molecule has 0 amide bonds. The summed E-state index contributed by atoms with van der Waals surface area (Å²) < 4.78 is 0. The summed E-state index contributed by atoms with van der Waals surface area (Å²) in [5.41, 5.74) is 0. The van der Waals surface area contributed by atoms with Gasteiger partial charge in [-0.3, -0.25) is 0 Å². The van der Waals surface area contributed by atoms with Crippen molar-refractivity contribution in [2.75, 3.05) is 17.2 Å². The molecule has 0 aliphatic carbocycles. The number of aryl methyl sites for hydroxylation is 1. The van der Waals surface area contributed by atoms with Crippen LogP contribution in [0, 0.1) is 6.92 Å². The summed E-state index contributed by atoms with van der Waals surface area (Å²) in [7, 11) is 0. The van der Waals surface area contributed by atoms with Gasteiger partial charge in [0.15, 0.2) is 0 Å². The van der Waals surface area contributed by atoms with Gasteiger partial charge in [-0.25, -0.2) is 9.97 Å². The second kappa shape index (κ2) is 5.72. The van der Waals surface area contributed by atoms with Gasteiger partial charge in [0.2, 0.25) is 5.95 Å². The molecular weight excluding hydrogens is 290 g/mol. The minimum atomic E-state index is 0.672. The molecule has 0 atom stereocenters. The average molecular weight is 305 g/mol. The summed E-state index contributed by atoms with van der Waals surface area (Å²) in [5.74, 6) is 1.55. The van der Waals surface area contributed by atoms with Crippen molar-refractivity contribution in [2.24, 2.45) is 0 Å². The van der Waals surface area contributed by atoms with E-state index >= 15 is 0 Å². The molecule has 0 spiro atoms. The maximum Gasteiger partial charge on any atom is 0.226 e. The summed E-state index contributed by atoms with van der Waals surface area (Å²) in [6, 6.07) is 2.05. The Hall–Kier alpha value is -1.73. The van der Waals surface area contributed by atoms with Crippen molar-refractivity contribution in [3.8, 4) is 0 Å². The van der Waals surface area contributed by atoms with Crippen molar-refractivity contribution < 1.29 is 0 Å². The molecule has 3 rings (SSSR count). The van der Waals surface area contributed by atoms with Crippen LogP contribution in [0.1, 0.15) is 16.8 Å². The van der Waals surface area contributed by atoms with Gasteiger partial charge in [0.25, 0.3) is 0 Å². The van der Waals surface area contributed by atoms with Crippen LogP contribution in [0.5, 0.6) is 0 Å². The maximum atomic E-state index is 4.54. The number of anilines is 2. The van der Waals surface area contributed by atoms with Crippen molar-refractivity contribution in [1.82, 2.24) is 15.0 Å². The zero-order chi connectivity index (χ0) is 13.9. The molecule has 0 saturated heterocycles. The lowest BCUT2D eigenvalue weighted by Gasteiger charge is -2.08. The first kappa shape index (κ1) is 13.3. The topological polar surface area (TPSA) is 62.7 Å². The summed E-state index contributed by atoms with van der Waals surface area (Å²) in [6.45, 7) is 5.60. The minimum absolute atomic E-state index is 0.672. The van der Waals surface area contributed by atoms with E-state index in [9.17, 15) is 0 Å². The van der Waals surface area contributed by atoms with Crippen LogP contribution < -0.4 is 10.6 Å². The molecule has 0 bridgehead atoms. The molecular formula is C13H15N5S2. The van der Waals surface area contributed by atoms with Gasteiger partial charge in [-0.2, -0.15) is 4.98 Å². The first-order chi connectivity index (χ1) is 9.76. The monoisotopic (exact) mass is 305 g/mol. The number of rotatable bonds is 5. The van der Waals surface area contributed by atoms with Crippen LogP contribution in [-0.4, -0.2) is 21.5 Å². The number of nitrogens with zero attached hydrogens (tertiary/aromatic N) is 3. The Morgan fingerprint density at radius 3 is 2.90 bits per heavy atom. The maximum absolute atomic E-state index is 4.54. The predicted molar refractivity (Wildman–Crippen MR) is 85.8 cm³/mol. The Morgan fingerprint density at radius 1 is 1.25 bits per heavy atom. The van der Waals surface area contributed by atoms with Gasteiger partial charge in [-0.1, -0.05) is 0 Å². The number of aromatic nitrogens is 3. The second-order valence-electron chi connectivity index (χ2n) is 4.26. The van der Waals surface area contributed by atoms with E-state index in [4.69, 9.17) is 0 Å². The SMILES string of the molecule is CCNc1nc(NCc2cnc(C)s2)c2ccsc2n1. The summed E-state index contributed by atoms with van der Waals surface area (Å²) in [5, 5.41) is 10.7. The minimum Gasteiger partial charge on any atom is -0.364 e. The van der Waals surface area contributed by atoms with Gasteiger partial charge in [0, 0.05) is 17.6 Å². The molecule has 0 saturated carbocycles. The molecule has 0 aliphatic rings. The van der Waals surface area contributed by atoms with E-state index in [0.717, 1.165) is 34.1 Å². The first-order valence-electron chi connectivity index (χ1n) is 6.40. The molecule has 5 nitrogen and oxygen atoms in total. The lowest BCUT2D eigenvalue weighted by atomic mass is 10.3. The van der Waals surface area contributed by atoms with E-state index in [2.05, 4.69) is 31.7 Å². The van der Waals surface area contributed by atoms with E-state index in [1.54, 1.807) is 22.7 Å². The summed E-state index contributed by atoms with van der Waals surface area (Å²) in [6.07, 6.45) is 1.91. The fourth-order valence-electron chi connectivity index (χ4n) is 1.89. The van der Waals surface area contributed by atoms with Crippen molar-refractivity contribution in [3.05, 3.63) is 27.5 Å². The molecule has 0 radical (unpaired) electrons. The smallest absolute Gasteiger partial charge is 0.226 e. The zero-order valence-electron chi connectivity index (χ0n) is 11.3. The van der Waals surface area contributed by atoms with Crippen LogP contribution in [0.2, 0.25) is 0 Å². The second-order valence-corrected chi connectivity index (χ2v) is 6.48. The quantitative estimate of drug-likeness (QED) is 0.755. The first-order valence-corrected chi connectivity index (χ1v) is 8.10. The molecule has 3 aromatic heterocycles. The van der Waals surface area contributed by atoms with E-state index in [1.807, 2.05) is 25.4 Å². The summed E-state index contributed by atoms with van der Waals surface area (Å²) >= 11 is 3.33. The summed E-state index contributed by atoms with van der Waals surface area (Å²) in [4.78, 5) is 15.5. The molecule has 20 heavy (non-hydrogen) atoms. The molecule has 0 unspecified atom stereocenters. The van der Waals surface area contributed by atoms with Crippen molar-refractivity contribution in [3.63, 3.8) is 0 Å². The lowest BCUT2D eigenvalue weighted by Crippen LogP contribution is -2.06. The van der Waals surface area contributed by atoms with Crippen LogP contribution in [0.25, 0.3) is 10.2 Å². The fourth-order valence-corrected chi connectivity index (χ4v) is 3.38. The van der Waals surface area contributed by atoms with Crippen molar-refractivity contribution >= 4 is 44.7 Å². The standard InChI is InChI=1S/C13H15N5S2/c1-3-14-13-17-11(10-4-5-19-12(10)18-13)16-7-9-6-15-8(2)20-9/h4-6H,3,7H2,1-2H3,(H2,14,16,17,18). The lowest BCUT2D eigenvalue weighted by molar-refractivity contribution is 1.08. The Balaban J connectivity index is 1.87. The Morgan fingerprint density at radius 2 is 2.15 bits per heavy atom. The Kier molecular flexibility index (Phi) is 3.79. The highest BCUT2D eigenvalue weighted by Gasteiger charge is 2.09. The predicted octanol–water partition coefficient (Wildman–Crippen LogP) is 3.50. The fraction of sp³-hybridized carbons (Fsp3) is 0.308. The normalized spacial score (nSPS) is 10.9. The molecule has 2 N–H and O–H groups in total. The van der Waals surface area contributed by atoms with Gasteiger partial charge < -0.3 is 10.6 Å². The number of hydrogen-bond acceptors (Lipinski definition) is 7. The van der Waals surface area contributed by atoms with Gasteiger partial charge in [0.1, 0.15) is 10.6 Å². The highest BCUT2D eigenvalue weighted by molar-refractivity contribution is 7.16. The molecule has 0 aromatic carbocycles. The third-order valence-electron chi connectivity index (χ3n) is 2.76. The van der Waals surface area contributed by atoms with E-state index in [0.29, 0.717) is 5.95 Å². The third-order valence-corrected chi connectivity index (χ3v) is 4.48. The highest BCUT2D eigenvalue weighted by Crippen LogP contribution is 2.27. The van der Waals surface area contributed by atoms with Crippen LogP contribution in [0.4, 0.5) is 11.8 Å². The molecule has 7 heteroatoms.